The van der Waals surface area contributed by atoms with Gasteiger partial charge in [0.1, 0.15) is 0 Å². The van der Waals surface area contributed by atoms with Crippen molar-refractivity contribution in [1.82, 2.24) is 9.38 Å². The second-order valence-corrected chi connectivity index (χ2v) is 7.57. The summed E-state index contributed by atoms with van der Waals surface area (Å²) in [5.74, 6) is 0.910. The summed E-state index contributed by atoms with van der Waals surface area (Å²) in [4.78, 5) is 18.1. The van der Waals surface area contributed by atoms with Crippen molar-refractivity contribution in [2.45, 2.75) is 20.0 Å². The zero-order chi connectivity index (χ0) is 20.4. The van der Waals surface area contributed by atoms with Gasteiger partial charge in [-0.3, -0.25) is 9.20 Å². The number of imidazole rings is 1. The molecule has 0 radical (unpaired) electrons. The molecule has 7 heteroatoms. The number of anilines is 1. The number of aromatic nitrogens is 2. The average molecular weight is 407 g/mol. The van der Waals surface area contributed by atoms with E-state index in [2.05, 4.69) is 10.3 Å². The second kappa shape index (κ2) is 7.97. The number of hydrogen-bond acceptors (Lipinski definition) is 5. The van der Waals surface area contributed by atoms with E-state index >= 15 is 0 Å². The number of ether oxygens (including phenoxy) is 2. The van der Waals surface area contributed by atoms with Crippen LogP contribution in [0.5, 0.6) is 11.5 Å². The second-order valence-electron chi connectivity index (χ2n) is 6.70. The highest BCUT2D eigenvalue weighted by atomic mass is 32.1. The predicted octanol–water partition coefficient (Wildman–Crippen LogP) is 4.79. The van der Waals surface area contributed by atoms with Gasteiger partial charge in [-0.1, -0.05) is 18.2 Å². The van der Waals surface area contributed by atoms with E-state index in [1.807, 2.05) is 71.6 Å². The van der Waals surface area contributed by atoms with Crippen molar-refractivity contribution in [3.05, 3.63) is 65.8 Å². The molecule has 1 unspecified atom stereocenters. The maximum absolute atomic E-state index is 12.5. The molecular weight excluding hydrogens is 386 g/mol. The highest BCUT2D eigenvalue weighted by molar-refractivity contribution is 7.15. The molecule has 0 saturated heterocycles. The van der Waals surface area contributed by atoms with Crippen molar-refractivity contribution in [2.24, 2.45) is 0 Å². The Labute approximate surface area is 172 Å². The number of rotatable bonds is 6. The molecule has 148 valence electrons. The average Bonchev–Trinajstić information content (AvgIpc) is 3.32. The molecule has 2 aromatic heterocycles. The minimum Gasteiger partial charge on any atom is -0.493 e. The number of carbonyl (C=O) groups is 1. The molecule has 4 rings (SSSR count). The maximum Gasteiger partial charge on any atom is 0.265 e. The van der Waals surface area contributed by atoms with Gasteiger partial charge in [0.15, 0.2) is 22.6 Å². The quantitative estimate of drug-likeness (QED) is 0.499. The van der Waals surface area contributed by atoms with Crippen molar-refractivity contribution in [3.8, 4) is 22.8 Å². The van der Waals surface area contributed by atoms with E-state index in [4.69, 9.17) is 9.47 Å². The number of thiazole rings is 1. The van der Waals surface area contributed by atoms with Crippen LogP contribution in [0.3, 0.4) is 0 Å². The summed E-state index contributed by atoms with van der Waals surface area (Å²) in [6.07, 6.45) is 3.30. The molecule has 0 bridgehead atoms. The summed E-state index contributed by atoms with van der Waals surface area (Å²) >= 11 is 1.59. The molecule has 1 amide bonds. The standard InChI is InChI=1S/C22H21N3O3S/c1-14-4-9-19(20(12-14)27-3)28-15(2)21(26)23-17-7-5-16(6-8-17)18-13-25-10-11-29-22(25)24-18/h4-13,15H,1-3H3,(H,23,26). The van der Waals surface area contributed by atoms with Crippen LogP contribution in [0.1, 0.15) is 12.5 Å². The Bertz CT molecular complexity index is 1120. The van der Waals surface area contributed by atoms with Gasteiger partial charge in [-0.25, -0.2) is 4.98 Å². The summed E-state index contributed by atoms with van der Waals surface area (Å²) in [5.41, 5.74) is 3.65. The minimum absolute atomic E-state index is 0.233. The number of nitrogens with zero attached hydrogens (tertiary/aromatic N) is 2. The van der Waals surface area contributed by atoms with Gasteiger partial charge in [-0.15, -0.1) is 11.3 Å². The summed E-state index contributed by atoms with van der Waals surface area (Å²) in [5, 5.41) is 4.88. The number of aryl methyl sites for hydroxylation is 1. The number of nitrogens with one attached hydrogen (secondary N) is 1. The number of carbonyl (C=O) groups excluding carboxylic acids is 1. The number of methoxy groups -OCH3 is 1. The molecule has 0 aliphatic heterocycles. The molecule has 2 aromatic carbocycles. The van der Waals surface area contributed by atoms with Gasteiger partial charge in [0, 0.05) is 29.0 Å². The van der Waals surface area contributed by atoms with Gasteiger partial charge in [0.05, 0.1) is 12.8 Å². The van der Waals surface area contributed by atoms with Crippen LogP contribution in [0.4, 0.5) is 5.69 Å². The lowest BCUT2D eigenvalue weighted by Gasteiger charge is -2.17. The van der Waals surface area contributed by atoms with Gasteiger partial charge >= 0.3 is 0 Å². The van der Waals surface area contributed by atoms with Crippen LogP contribution in [0.15, 0.2) is 60.2 Å². The topological polar surface area (TPSA) is 64.9 Å². The van der Waals surface area contributed by atoms with Crippen molar-refractivity contribution < 1.29 is 14.3 Å². The fourth-order valence-corrected chi connectivity index (χ4v) is 3.65. The summed E-state index contributed by atoms with van der Waals surface area (Å²) < 4.78 is 13.1. The highest BCUT2D eigenvalue weighted by Gasteiger charge is 2.17. The Balaban J connectivity index is 1.42. The molecular formula is C22H21N3O3S. The number of benzene rings is 2. The summed E-state index contributed by atoms with van der Waals surface area (Å²) in [6, 6.07) is 13.2. The van der Waals surface area contributed by atoms with E-state index in [-0.39, 0.29) is 5.91 Å². The van der Waals surface area contributed by atoms with E-state index in [1.54, 1.807) is 25.4 Å². The minimum atomic E-state index is -0.675. The lowest BCUT2D eigenvalue weighted by Crippen LogP contribution is -2.30. The Morgan fingerprint density at radius 2 is 1.97 bits per heavy atom. The SMILES string of the molecule is COc1cc(C)ccc1OC(C)C(=O)Nc1ccc(-c2cn3ccsc3n2)cc1. The molecule has 1 N–H and O–H groups in total. The third kappa shape index (κ3) is 4.09. The van der Waals surface area contributed by atoms with Crippen LogP contribution in [-0.4, -0.2) is 28.5 Å². The fourth-order valence-electron chi connectivity index (χ4n) is 2.95. The first-order valence-corrected chi connectivity index (χ1v) is 10.1. The van der Waals surface area contributed by atoms with E-state index in [0.717, 1.165) is 21.8 Å². The Hall–Kier alpha value is -3.32. The maximum atomic E-state index is 12.5. The van der Waals surface area contributed by atoms with Gasteiger partial charge in [0.2, 0.25) is 0 Å². The summed E-state index contributed by atoms with van der Waals surface area (Å²) in [6.45, 7) is 3.68. The van der Waals surface area contributed by atoms with Crippen molar-refractivity contribution in [1.29, 1.82) is 0 Å². The van der Waals surface area contributed by atoms with Crippen LogP contribution >= 0.6 is 11.3 Å². The first-order chi connectivity index (χ1) is 14.0. The molecule has 0 fully saturated rings. The van der Waals surface area contributed by atoms with E-state index < -0.39 is 6.10 Å². The molecule has 29 heavy (non-hydrogen) atoms. The number of hydrogen-bond donors (Lipinski definition) is 1. The largest absolute Gasteiger partial charge is 0.493 e. The van der Waals surface area contributed by atoms with E-state index in [9.17, 15) is 4.79 Å². The van der Waals surface area contributed by atoms with Gasteiger partial charge in [-0.05, 0) is 43.7 Å². The molecule has 1 atom stereocenters. The van der Waals surface area contributed by atoms with Crippen LogP contribution in [-0.2, 0) is 4.79 Å². The smallest absolute Gasteiger partial charge is 0.265 e. The Morgan fingerprint density at radius 3 is 2.69 bits per heavy atom. The molecule has 0 saturated carbocycles. The van der Waals surface area contributed by atoms with Crippen LogP contribution in [0.25, 0.3) is 16.2 Å². The molecule has 0 aliphatic rings. The van der Waals surface area contributed by atoms with E-state index in [0.29, 0.717) is 17.2 Å². The van der Waals surface area contributed by atoms with Crippen molar-refractivity contribution in [3.63, 3.8) is 0 Å². The number of amides is 1. The molecule has 6 nitrogen and oxygen atoms in total. The molecule has 4 aromatic rings. The van der Waals surface area contributed by atoms with Crippen molar-refractivity contribution >= 4 is 27.9 Å². The first kappa shape index (κ1) is 19.0. The lowest BCUT2D eigenvalue weighted by molar-refractivity contribution is -0.122. The van der Waals surface area contributed by atoms with Gasteiger partial charge in [0.25, 0.3) is 5.91 Å². The first-order valence-electron chi connectivity index (χ1n) is 9.18. The monoisotopic (exact) mass is 407 g/mol. The number of fused-ring (bicyclic) bond motifs is 1. The molecule has 0 spiro atoms. The third-order valence-electron chi connectivity index (χ3n) is 4.53. The molecule has 0 aliphatic carbocycles. The lowest BCUT2D eigenvalue weighted by atomic mass is 10.1. The zero-order valence-electron chi connectivity index (χ0n) is 16.4. The van der Waals surface area contributed by atoms with Crippen LogP contribution < -0.4 is 14.8 Å². The normalized spacial score (nSPS) is 12.0. The molecule has 2 heterocycles. The van der Waals surface area contributed by atoms with Gasteiger partial charge < -0.3 is 14.8 Å². The Morgan fingerprint density at radius 1 is 1.17 bits per heavy atom. The van der Waals surface area contributed by atoms with Crippen LogP contribution in [0, 0.1) is 6.92 Å². The Kier molecular flexibility index (Phi) is 5.22. The summed E-state index contributed by atoms with van der Waals surface area (Å²) in [7, 11) is 1.58. The van der Waals surface area contributed by atoms with Crippen LogP contribution in [0.2, 0.25) is 0 Å². The van der Waals surface area contributed by atoms with E-state index in [1.165, 1.54) is 0 Å². The van der Waals surface area contributed by atoms with Gasteiger partial charge in [-0.2, -0.15) is 0 Å². The predicted molar refractivity (Wildman–Crippen MR) is 115 cm³/mol. The third-order valence-corrected chi connectivity index (χ3v) is 5.30. The van der Waals surface area contributed by atoms with Crippen molar-refractivity contribution in [2.75, 3.05) is 12.4 Å². The highest BCUT2D eigenvalue weighted by Crippen LogP contribution is 2.29. The zero-order valence-corrected chi connectivity index (χ0v) is 17.2. The fraction of sp³-hybridized carbons (Fsp3) is 0.182.